The number of nitrogens with one attached hydrogen (secondary N) is 1. The number of halogens is 2. The van der Waals surface area contributed by atoms with Crippen molar-refractivity contribution in [2.45, 2.75) is 32.0 Å². The van der Waals surface area contributed by atoms with Gasteiger partial charge in [-0.3, -0.25) is 10.3 Å². The molecule has 2 unspecified atom stereocenters. The predicted molar refractivity (Wildman–Crippen MR) is 118 cm³/mol. The van der Waals surface area contributed by atoms with E-state index in [1.165, 1.54) is 11.6 Å². The summed E-state index contributed by atoms with van der Waals surface area (Å²) >= 11 is 3.27. The zero-order valence-corrected chi connectivity index (χ0v) is 17.7. The Labute approximate surface area is 178 Å². The molecular formula is C24H22BrFN2O. The smallest absolute Gasteiger partial charge is 0.137 e. The third-order valence-corrected chi connectivity index (χ3v) is 5.92. The van der Waals surface area contributed by atoms with E-state index in [-0.39, 0.29) is 23.8 Å². The van der Waals surface area contributed by atoms with Crippen molar-refractivity contribution < 1.29 is 9.50 Å². The fourth-order valence-electron chi connectivity index (χ4n) is 3.65. The molecule has 0 saturated carbocycles. The second kappa shape index (κ2) is 8.47. The lowest BCUT2D eigenvalue weighted by atomic mass is 9.93. The van der Waals surface area contributed by atoms with Gasteiger partial charge >= 0.3 is 0 Å². The molecule has 0 saturated heterocycles. The second-order valence-corrected chi connectivity index (χ2v) is 8.04. The number of hydrogen-bond acceptors (Lipinski definition) is 3. The lowest BCUT2D eigenvalue weighted by Crippen LogP contribution is -2.33. The SMILES string of the molecule is CCc1ccc(C2=NC(c3ccc(F)c(Br)c3)NC(c3ccccc3O)C2)cc1. The highest BCUT2D eigenvalue weighted by molar-refractivity contribution is 9.10. The first-order chi connectivity index (χ1) is 14.0. The Kier molecular flexibility index (Phi) is 5.79. The number of rotatable bonds is 4. The van der Waals surface area contributed by atoms with Gasteiger partial charge in [-0.2, -0.15) is 0 Å². The van der Waals surface area contributed by atoms with Crippen molar-refractivity contribution in [1.82, 2.24) is 5.32 Å². The Morgan fingerprint density at radius 2 is 1.86 bits per heavy atom. The lowest BCUT2D eigenvalue weighted by molar-refractivity contribution is 0.412. The van der Waals surface area contributed by atoms with Crippen LogP contribution in [-0.4, -0.2) is 10.8 Å². The largest absolute Gasteiger partial charge is 0.508 e. The van der Waals surface area contributed by atoms with Crippen LogP contribution < -0.4 is 5.32 Å². The highest BCUT2D eigenvalue weighted by Gasteiger charge is 2.27. The molecule has 0 bridgehead atoms. The standard InChI is InChI=1S/C24H22BrFN2O/c1-2-15-7-9-16(10-8-15)21-14-22(18-5-3-4-6-23(18)29)28-24(27-21)17-11-12-20(26)19(25)13-17/h3-13,22,24,28-29H,2,14H2,1H3. The van der Waals surface area contributed by atoms with Gasteiger partial charge in [0, 0.05) is 23.7 Å². The van der Waals surface area contributed by atoms with Gasteiger partial charge in [0.1, 0.15) is 17.7 Å². The molecule has 1 aliphatic rings. The van der Waals surface area contributed by atoms with Gasteiger partial charge in [-0.15, -0.1) is 0 Å². The number of hydrogen-bond donors (Lipinski definition) is 2. The Balaban J connectivity index is 1.75. The maximum atomic E-state index is 13.7. The predicted octanol–water partition coefficient (Wildman–Crippen LogP) is 6.08. The van der Waals surface area contributed by atoms with E-state index in [0.29, 0.717) is 10.9 Å². The molecule has 0 fully saturated rings. The fourth-order valence-corrected chi connectivity index (χ4v) is 4.05. The number of phenolic OH excluding ortho intramolecular Hbond substituents is 1. The van der Waals surface area contributed by atoms with E-state index < -0.39 is 0 Å². The summed E-state index contributed by atoms with van der Waals surface area (Å²) in [5.74, 6) is -0.0483. The number of benzene rings is 3. The maximum absolute atomic E-state index is 13.7. The number of aryl methyl sites for hydroxylation is 1. The van der Waals surface area contributed by atoms with E-state index in [9.17, 15) is 9.50 Å². The molecule has 3 nitrogen and oxygen atoms in total. The molecule has 3 aromatic rings. The first-order valence-corrected chi connectivity index (χ1v) is 10.5. The van der Waals surface area contributed by atoms with E-state index >= 15 is 0 Å². The van der Waals surface area contributed by atoms with Crippen LogP contribution in [0, 0.1) is 5.82 Å². The van der Waals surface area contributed by atoms with Gasteiger partial charge in [0.2, 0.25) is 0 Å². The van der Waals surface area contributed by atoms with Crippen LogP contribution in [0.1, 0.15) is 47.8 Å². The summed E-state index contributed by atoms with van der Waals surface area (Å²) in [6, 6.07) is 20.6. The average Bonchev–Trinajstić information content (AvgIpc) is 2.75. The first kappa shape index (κ1) is 19.8. The molecule has 5 heteroatoms. The van der Waals surface area contributed by atoms with Crippen LogP contribution in [0.3, 0.4) is 0 Å². The Morgan fingerprint density at radius 1 is 1.10 bits per heavy atom. The molecule has 0 aromatic heterocycles. The normalized spacial score (nSPS) is 19.1. The van der Waals surface area contributed by atoms with Crippen LogP contribution >= 0.6 is 15.9 Å². The quantitative estimate of drug-likeness (QED) is 0.503. The molecule has 0 amide bonds. The zero-order chi connectivity index (χ0) is 20.4. The fraction of sp³-hybridized carbons (Fsp3) is 0.208. The molecule has 1 heterocycles. The van der Waals surface area contributed by atoms with Crippen LogP contribution in [0.4, 0.5) is 4.39 Å². The topological polar surface area (TPSA) is 44.6 Å². The molecule has 4 rings (SSSR count). The van der Waals surface area contributed by atoms with Crippen molar-refractivity contribution in [3.05, 3.63) is 99.3 Å². The minimum Gasteiger partial charge on any atom is -0.508 e. The van der Waals surface area contributed by atoms with Crippen LogP contribution in [0.2, 0.25) is 0 Å². The monoisotopic (exact) mass is 452 g/mol. The van der Waals surface area contributed by atoms with E-state index in [1.54, 1.807) is 18.2 Å². The van der Waals surface area contributed by atoms with Crippen LogP contribution in [-0.2, 0) is 6.42 Å². The molecule has 2 N–H and O–H groups in total. The van der Waals surface area contributed by atoms with Crippen molar-refractivity contribution >= 4 is 21.6 Å². The third-order valence-electron chi connectivity index (χ3n) is 5.31. The highest BCUT2D eigenvalue weighted by Crippen LogP contribution is 2.35. The number of aliphatic imine (C=N–C) groups is 1. The number of phenols is 1. The van der Waals surface area contributed by atoms with Crippen molar-refractivity contribution in [3.63, 3.8) is 0 Å². The number of aromatic hydroxyl groups is 1. The first-order valence-electron chi connectivity index (χ1n) is 9.70. The van der Waals surface area contributed by atoms with E-state index in [0.717, 1.165) is 28.8 Å². The zero-order valence-electron chi connectivity index (χ0n) is 16.1. The van der Waals surface area contributed by atoms with Gasteiger partial charge in [0.15, 0.2) is 0 Å². The maximum Gasteiger partial charge on any atom is 0.137 e. The lowest BCUT2D eigenvalue weighted by Gasteiger charge is -2.31. The summed E-state index contributed by atoms with van der Waals surface area (Å²) in [5.41, 5.74) is 5.00. The minimum absolute atomic E-state index is 0.108. The molecule has 1 aliphatic heterocycles. The second-order valence-electron chi connectivity index (χ2n) is 7.18. The molecule has 0 radical (unpaired) electrons. The minimum atomic E-state index is -0.342. The van der Waals surface area contributed by atoms with Crippen LogP contribution in [0.25, 0.3) is 0 Å². The summed E-state index contributed by atoms with van der Waals surface area (Å²) in [5, 5.41) is 13.9. The highest BCUT2D eigenvalue weighted by atomic mass is 79.9. The Hall–Kier alpha value is -2.50. The number of para-hydroxylation sites is 1. The number of nitrogens with zero attached hydrogens (tertiary/aromatic N) is 1. The van der Waals surface area contributed by atoms with E-state index in [4.69, 9.17) is 4.99 Å². The molecule has 29 heavy (non-hydrogen) atoms. The van der Waals surface area contributed by atoms with Gasteiger partial charge in [-0.1, -0.05) is 55.5 Å². The molecule has 3 aromatic carbocycles. The summed E-state index contributed by atoms with van der Waals surface area (Å²) in [6.07, 6.45) is 1.30. The van der Waals surface area contributed by atoms with Gasteiger partial charge in [-0.25, -0.2) is 4.39 Å². The van der Waals surface area contributed by atoms with Gasteiger partial charge in [0.05, 0.1) is 4.47 Å². The third kappa shape index (κ3) is 4.26. The summed E-state index contributed by atoms with van der Waals surface area (Å²) in [4.78, 5) is 4.93. The molecule has 0 spiro atoms. The Bertz CT molecular complexity index is 1050. The summed E-state index contributed by atoms with van der Waals surface area (Å²) in [7, 11) is 0. The van der Waals surface area contributed by atoms with Gasteiger partial charge in [0.25, 0.3) is 0 Å². The average molecular weight is 453 g/mol. The molecular weight excluding hydrogens is 431 g/mol. The molecule has 148 valence electrons. The Morgan fingerprint density at radius 3 is 2.55 bits per heavy atom. The van der Waals surface area contributed by atoms with Crippen LogP contribution in [0.15, 0.2) is 76.2 Å². The van der Waals surface area contributed by atoms with E-state index in [2.05, 4.69) is 52.4 Å². The van der Waals surface area contributed by atoms with Crippen molar-refractivity contribution in [3.8, 4) is 5.75 Å². The van der Waals surface area contributed by atoms with Gasteiger partial charge < -0.3 is 5.11 Å². The molecule has 2 atom stereocenters. The van der Waals surface area contributed by atoms with Crippen LogP contribution in [0.5, 0.6) is 5.75 Å². The summed E-state index contributed by atoms with van der Waals surface area (Å²) < 4.78 is 14.1. The molecule has 0 aliphatic carbocycles. The van der Waals surface area contributed by atoms with Gasteiger partial charge in [-0.05, 0) is 57.2 Å². The van der Waals surface area contributed by atoms with Crippen molar-refractivity contribution in [1.29, 1.82) is 0 Å². The van der Waals surface area contributed by atoms with E-state index in [1.807, 2.05) is 18.2 Å². The van der Waals surface area contributed by atoms with Crippen molar-refractivity contribution in [2.24, 2.45) is 4.99 Å². The summed E-state index contributed by atoms with van der Waals surface area (Å²) in [6.45, 7) is 2.13. The van der Waals surface area contributed by atoms with Crippen molar-refractivity contribution in [2.75, 3.05) is 0 Å².